The summed E-state index contributed by atoms with van der Waals surface area (Å²) in [6, 6.07) is 0. The summed E-state index contributed by atoms with van der Waals surface area (Å²) in [6.07, 6.45) is 2.77. The van der Waals surface area contributed by atoms with Crippen LogP contribution in [0.1, 0.15) is 13.8 Å². The van der Waals surface area contributed by atoms with Crippen LogP contribution >= 0.6 is 0 Å². The topological polar surface area (TPSA) is 72.8 Å². The first-order valence-corrected chi connectivity index (χ1v) is 4.19. The number of methoxy groups -OCH3 is 1. The third-order valence-electron chi connectivity index (χ3n) is 0.881. The Morgan fingerprint density at radius 1 is 1.33 bits per heavy atom. The average molecular weight is 216 g/mol. The van der Waals surface area contributed by atoms with Gasteiger partial charge in [-0.2, -0.15) is 0 Å². The number of esters is 1. The molecule has 0 aliphatic carbocycles. The first-order valence-electron chi connectivity index (χ1n) is 4.19. The molecule has 0 saturated carbocycles. The Morgan fingerprint density at radius 3 is 2.07 bits per heavy atom. The minimum absolute atomic E-state index is 0.221. The zero-order valence-corrected chi connectivity index (χ0v) is 9.10. The van der Waals surface area contributed by atoms with Gasteiger partial charge < -0.3 is 14.6 Å². The predicted molar refractivity (Wildman–Crippen MR) is 55.2 cm³/mol. The molecule has 0 aromatic heterocycles. The second-order valence-corrected chi connectivity index (χ2v) is 2.56. The van der Waals surface area contributed by atoms with Gasteiger partial charge in [-0.25, -0.2) is 9.59 Å². The van der Waals surface area contributed by atoms with Gasteiger partial charge >= 0.3 is 11.9 Å². The molecule has 0 heterocycles. The molecule has 0 rings (SSSR count). The van der Waals surface area contributed by atoms with Crippen molar-refractivity contribution in [2.75, 3.05) is 7.11 Å². The summed E-state index contributed by atoms with van der Waals surface area (Å²) in [5, 5.41) is 8.10. The van der Waals surface area contributed by atoms with Crippen LogP contribution in [-0.4, -0.2) is 30.3 Å². The zero-order chi connectivity index (χ0) is 12.3. The molecule has 5 heteroatoms. The van der Waals surface area contributed by atoms with Crippen molar-refractivity contribution >= 4 is 11.9 Å². The summed E-state index contributed by atoms with van der Waals surface area (Å²) in [6.45, 7) is 6.63. The second kappa shape index (κ2) is 10.3. The van der Waals surface area contributed by atoms with Gasteiger partial charge in [0.15, 0.2) is 0 Å². The molecule has 0 aliphatic rings. The lowest BCUT2D eigenvalue weighted by molar-refractivity contribution is -0.142. The Hall–Kier alpha value is -1.78. The maximum Gasteiger partial charge on any atom is 0.331 e. The van der Waals surface area contributed by atoms with E-state index >= 15 is 0 Å². The third-order valence-corrected chi connectivity index (χ3v) is 0.881. The third kappa shape index (κ3) is 18.9. The summed E-state index contributed by atoms with van der Waals surface area (Å²) < 4.78 is 8.92. The number of carbonyl (C=O) groups is 2. The van der Waals surface area contributed by atoms with Crippen molar-refractivity contribution in [2.45, 2.75) is 20.0 Å². The Kier molecular flexibility index (Phi) is 10.8. The van der Waals surface area contributed by atoms with E-state index in [1.807, 2.05) is 0 Å². The Balaban J connectivity index is 0. The van der Waals surface area contributed by atoms with Gasteiger partial charge in [-0.1, -0.05) is 6.58 Å². The molecule has 15 heavy (non-hydrogen) atoms. The highest BCUT2D eigenvalue weighted by Gasteiger charge is 1.99. The smallest absolute Gasteiger partial charge is 0.331 e. The standard InChI is InChI=1S/C7H10O4.C3H6O/c1-5(2)11-7(10)4-3-6(8)9;1-3-4-2/h3-5H,1-2H3,(H,8,9);3H,1H2,2H3/b4-3-;. The van der Waals surface area contributed by atoms with E-state index in [4.69, 9.17) is 5.11 Å². The van der Waals surface area contributed by atoms with Crippen LogP contribution in [-0.2, 0) is 19.1 Å². The quantitative estimate of drug-likeness (QED) is 0.436. The van der Waals surface area contributed by atoms with Gasteiger partial charge in [0.1, 0.15) is 0 Å². The van der Waals surface area contributed by atoms with Crippen LogP contribution in [0.25, 0.3) is 0 Å². The highest BCUT2D eigenvalue weighted by Crippen LogP contribution is 1.89. The van der Waals surface area contributed by atoms with E-state index in [1.165, 1.54) is 6.26 Å². The number of hydrogen-bond donors (Lipinski definition) is 1. The normalized spacial score (nSPS) is 9.07. The lowest BCUT2D eigenvalue weighted by Crippen LogP contribution is -2.08. The molecular formula is C10H16O5. The number of carbonyl (C=O) groups excluding carboxylic acids is 1. The van der Waals surface area contributed by atoms with Gasteiger partial charge in [0.25, 0.3) is 0 Å². The second-order valence-electron chi connectivity index (χ2n) is 2.56. The van der Waals surface area contributed by atoms with Crippen LogP contribution in [0.3, 0.4) is 0 Å². The molecule has 0 aliphatic heterocycles. The molecule has 0 aromatic rings. The zero-order valence-electron chi connectivity index (χ0n) is 9.10. The Labute approximate surface area is 89.0 Å². The molecule has 0 amide bonds. The number of carboxylic acids is 1. The van der Waals surface area contributed by atoms with Crippen molar-refractivity contribution < 1.29 is 24.2 Å². The molecule has 5 nitrogen and oxygen atoms in total. The van der Waals surface area contributed by atoms with E-state index < -0.39 is 11.9 Å². The molecule has 0 atom stereocenters. The lowest BCUT2D eigenvalue weighted by Gasteiger charge is -2.02. The molecule has 0 aromatic carbocycles. The number of hydrogen-bond acceptors (Lipinski definition) is 4. The van der Waals surface area contributed by atoms with Gasteiger partial charge in [-0.05, 0) is 13.8 Å². The number of aliphatic carboxylic acids is 1. The van der Waals surface area contributed by atoms with Gasteiger partial charge in [0.2, 0.25) is 0 Å². The van der Waals surface area contributed by atoms with Crippen molar-refractivity contribution in [1.82, 2.24) is 0 Å². The van der Waals surface area contributed by atoms with Gasteiger partial charge in [-0.15, -0.1) is 0 Å². The highest BCUT2D eigenvalue weighted by molar-refractivity contribution is 5.90. The van der Waals surface area contributed by atoms with Crippen molar-refractivity contribution in [3.63, 3.8) is 0 Å². The van der Waals surface area contributed by atoms with Crippen LogP contribution in [0.5, 0.6) is 0 Å². The summed E-state index contributed by atoms with van der Waals surface area (Å²) in [5.74, 6) is -1.80. The van der Waals surface area contributed by atoms with Gasteiger partial charge in [0, 0.05) is 12.2 Å². The van der Waals surface area contributed by atoms with Crippen molar-refractivity contribution in [1.29, 1.82) is 0 Å². The molecule has 0 spiro atoms. The van der Waals surface area contributed by atoms with E-state index in [0.29, 0.717) is 0 Å². The van der Waals surface area contributed by atoms with Crippen LogP contribution < -0.4 is 0 Å². The van der Waals surface area contributed by atoms with E-state index in [1.54, 1.807) is 21.0 Å². The van der Waals surface area contributed by atoms with E-state index in [2.05, 4.69) is 16.1 Å². The fourth-order valence-corrected chi connectivity index (χ4v) is 0.411. The fourth-order valence-electron chi connectivity index (χ4n) is 0.411. The molecule has 0 saturated heterocycles. The van der Waals surface area contributed by atoms with Crippen molar-refractivity contribution in [3.05, 3.63) is 25.0 Å². The Morgan fingerprint density at radius 2 is 1.80 bits per heavy atom. The van der Waals surface area contributed by atoms with E-state index in [9.17, 15) is 9.59 Å². The van der Waals surface area contributed by atoms with Gasteiger partial charge in [-0.3, -0.25) is 0 Å². The first kappa shape index (κ1) is 15.7. The van der Waals surface area contributed by atoms with Crippen molar-refractivity contribution in [3.8, 4) is 0 Å². The molecular weight excluding hydrogens is 200 g/mol. The molecule has 0 radical (unpaired) electrons. The number of ether oxygens (including phenoxy) is 2. The summed E-state index contributed by atoms with van der Waals surface area (Å²) >= 11 is 0. The van der Waals surface area contributed by atoms with Crippen LogP contribution in [0, 0.1) is 0 Å². The maximum atomic E-state index is 10.6. The SMILES string of the molecule is C=COC.CC(C)OC(=O)/C=C\C(=O)O. The number of rotatable bonds is 4. The van der Waals surface area contributed by atoms with Crippen LogP contribution in [0.4, 0.5) is 0 Å². The minimum Gasteiger partial charge on any atom is -0.505 e. The first-order chi connectivity index (χ1) is 6.93. The van der Waals surface area contributed by atoms with Crippen LogP contribution in [0.15, 0.2) is 25.0 Å². The largest absolute Gasteiger partial charge is 0.505 e. The summed E-state index contributed by atoms with van der Waals surface area (Å²) in [4.78, 5) is 20.5. The fraction of sp³-hybridized carbons (Fsp3) is 0.400. The van der Waals surface area contributed by atoms with Crippen molar-refractivity contribution in [2.24, 2.45) is 0 Å². The summed E-state index contributed by atoms with van der Waals surface area (Å²) in [5.41, 5.74) is 0. The maximum absolute atomic E-state index is 10.6. The number of carboxylic acid groups (broad SMARTS) is 1. The molecule has 0 unspecified atom stereocenters. The minimum atomic E-state index is -1.16. The molecule has 1 N–H and O–H groups in total. The molecule has 0 bridgehead atoms. The molecule has 86 valence electrons. The molecule has 0 fully saturated rings. The summed E-state index contributed by atoms with van der Waals surface area (Å²) in [7, 11) is 1.56. The highest BCUT2D eigenvalue weighted by atomic mass is 16.5. The predicted octanol–water partition coefficient (Wildman–Crippen LogP) is 1.36. The van der Waals surface area contributed by atoms with Crippen LogP contribution in [0.2, 0.25) is 0 Å². The van der Waals surface area contributed by atoms with Gasteiger partial charge in [0.05, 0.1) is 19.5 Å². The average Bonchev–Trinajstić information content (AvgIpc) is 2.14. The lowest BCUT2D eigenvalue weighted by atomic mass is 10.4. The van der Waals surface area contributed by atoms with E-state index in [0.717, 1.165) is 12.2 Å². The van der Waals surface area contributed by atoms with E-state index in [-0.39, 0.29) is 6.10 Å². The Bertz CT molecular complexity index is 230. The monoisotopic (exact) mass is 216 g/mol.